The Morgan fingerprint density at radius 2 is 2.06 bits per heavy atom. The Morgan fingerprint density at radius 1 is 1.38 bits per heavy atom. The van der Waals surface area contributed by atoms with Crippen LogP contribution < -0.4 is 11.1 Å². The van der Waals surface area contributed by atoms with Gasteiger partial charge in [0.05, 0.1) is 6.04 Å². The largest absolute Gasteiger partial charge is 0.381 e. The number of carbonyl (C=O) groups is 1. The molecule has 0 radical (unpaired) electrons. The fraction of sp³-hybridized carbons (Fsp3) is 0.917. The average Bonchev–Trinajstić information content (AvgIpc) is 2.21. The fourth-order valence-electron chi connectivity index (χ4n) is 1.38. The molecule has 4 heteroatoms. The first kappa shape index (κ1) is 15.4. The predicted molar refractivity (Wildman–Crippen MR) is 66.2 cm³/mol. The first-order chi connectivity index (χ1) is 7.57. The second kappa shape index (κ2) is 9.60. The van der Waals surface area contributed by atoms with Crippen LogP contribution >= 0.6 is 0 Å². The third-order valence-corrected chi connectivity index (χ3v) is 2.18. The van der Waals surface area contributed by atoms with Crippen LogP contribution in [0.15, 0.2) is 0 Å². The Bertz CT molecular complexity index is 184. The normalized spacial score (nSPS) is 12.8. The van der Waals surface area contributed by atoms with Gasteiger partial charge in [-0.25, -0.2) is 0 Å². The number of rotatable bonds is 9. The number of ether oxygens (including phenoxy) is 1. The van der Waals surface area contributed by atoms with Gasteiger partial charge >= 0.3 is 0 Å². The molecule has 3 N–H and O–H groups in total. The number of nitrogens with two attached hydrogens (primary N) is 1. The van der Waals surface area contributed by atoms with E-state index in [9.17, 15) is 4.79 Å². The van der Waals surface area contributed by atoms with Crippen molar-refractivity contribution in [3.05, 3.63) is 0 Å². The monoisotopic (exact) mass is 230 g/mol. The van der Waals surface area contributed by atoms with E-state index in [1.165, 1.54) is 0 Å². The molecule has 0 heterocycles. The van der Waals surface area contributed by atoms with Crippen molar-refractivity contribution in [1.29, 1.82) is 0 Å². The van der Waals surface area contributed by atoms with Gasteiger partial charge in [0.25, 0.3) is 0 Å². The number of hydrogen-bond donors (Lipinski definition) is 2. The molecule has 0 aliphatic carbocycles. The van der Waals surface area contributed by atoms with Crippen LogP contribution in [0.5, 0.6) is 0 Å². The van der Waals surface area contributed by atoms with Gasteiger partial charge in [-0.05, 0) is 25.2 Å². The van der Waals surface area contributed by atoms with Crippen LogP contribution in [0.25, 0.3) is 0 Å². The van der Waals surface area contributed by atoms with E-state index in [-0.39, 0.29) is 11.9 Å². The Balaban J connectivity index is 3.42. The molecule has 0 saturated heterocycles. The molecule has 0 rings (SSSR count). The molecule has 4 nitrogen and oxygen atoms in total. The van der Waals surface area contributed by atoms with Crippen LogP contribution in [0.1, 0.15) is 40.0 Å². The van der Waals surface area contributed by atoms with Crippen molar-refractivity contribution in [3.8, 4) is 0 Å². The summed E-state index contributed by atoms with van der Waals surface area (Å²) in [6.45, 7) is 8.34. The number of nitrogens with one attached hydrogen (secondary N) is 1. The van der Waals surface area contributed by atoms with Crippen LogP contribution in [-0.2, 0) is 9.53 Å². The minimum atomic E-state index is -0.378. The number of hydrogen-bond acceptors (Lipinski definition) is 3. The van der Waals surface area contributed by atoms with Gasteiger partial charge in [0.1, 0.15) is 0 Å². The zero-order valence-corrected chi connectivity index (χ0v) is 10.8. The molecule has 0 aromatic rings. The Hall–Kier alpha value is -0.610. The highest BCUT2D eigenvalue weighted by molar-refractivity contribution is 5.81. The van der Waals surface area contributed by atoms with Crippen LogP contribution in [-0.4, -0.2) is 31.7 Å². The SMILES string of the molecule is CCCOCCCNC(=O)[C@H](N)CC(C)C. The lowest BCUT2D eigenvalue weighted by atomic mass is 10.0. The maximum atomic E-state index is 11.5. The van der Waals surface area contributed by atoms with Gasteiger partial charge in [0, 0.05) is 19.8 Å². The van der Waals surface area contributed by atoms with E-state index in [0.29, 0.717) is 19.1 Å². The van der Waals surface area contributed by atoms with E-state index < -0.39 is 0 Å². The molecular formula is C12H26N2O2. The average molecular weight is 230 g/mol. The molecule has 0 spiro atoms. The predicted octanol–water partition coefficient (Wildman–Crippen LogP) is 1.29. The van der Waals surface area contributed by atoms with Crippen molar-refractivity contribution in [2.45, 2.75) is 46.1 Å². The van der Waals surface area contributed by atoms with E-state index in [1.807, 2.05) is 0 Å². The summed E-state index contributed by atoms with van der Waals surface area (Å²) < 4.78 is 5.31. The molecule has 0 aliphatic heterocycles. The molecule has 1 atom stereocenters. The fourth-order valence-corrected chi connectivity index (χ4v) is 1.38. The summed E-state index contributed by atoms with van der Waals surface area (Å²) in [7, 11) is 0. The third kappa shape index (κ3) is 8.68. The summed E-state index contributed by atoms with van der Waals surface area (Å²) in [6, 6.07) is -0.378. The zero-order valence-electron chi connectivity index (χ0n) is 10.8. The zero-order chi connectivity index (χ0) is 12.4. The molecule has 0 bridgehead atoms. The lowest BCUT2D eigenvalue weighted by Gasteiger charge is -2.14. The Labute approximate surface area is 98.9 Å². The van der Waals surface area contributed by atoms with Crippen LogP contribution in [0.4, 0.5) is 0 Å². The molecule has 0 aliphatic rings. The summed E-state index contributed by atoms with van der Waals surface area (Å²) in [5.74, 6) is 0.401. The summed E-state index contributed by atoms with van der Waals surface area (Å²) in [6.07, 6.45) is 2.62. The third-order valence-electron chi connectivity index (χ3n) is 2.18. The van der Waals surface area contributed by atoms with E-state index in [1.54, 1.807) is 0 Å². The highest BCUT2D eigenvalue weighted by atomic mass is 16.5. The van der Waals surface area contributed by atoms with E-state index in [0.717, 1.165) is 25.9 Å². The smallest absolute Gasteiger partial charge is 0.236 e. The maximum absolute atomic E-state index is 11.5. The van der Waals surface area contributed by atoms with Crippen LogP contribution in [0.2, 0.25) is 0 Å². The van der Waals surface area contributed by atoms with Crippen molar-refractivity contribution in [2.75, 3.05) is 19.8 Å². The van der Waals surface area contributed by atoms with Crippen molar-refractivity contribution in [3.63, 3.8) is 0 Å². The molecule has 0 unspecified atom stereocenters. The van der Waals surface area contributed by atoms with Gasteiger partial charge in [-0.15, -0.1) is 0 Å². The van der Waals surface area contributed by atoms with E-state index in [4.69, 9.17) is 10.5 Å². The first-order valence-electron chi connectivity index (χ1n) is 6.19. The second-order valence-electron chi connectivity index (χ2n) is 4.49. The Morgan fingerprint density at radius 3 is 2.62 bits per heavy atom. The first-order valence-corrected chi connectivity index (χ1v) is 6.19. The van der Waals surface area contributed by atoms with Gasteiger partial charge in [-0.3, -0.25) is 4.79 Å². The van der Waals surface area contributed by atoms with Crippen molar-refractivity contribution >= 4 is 5.91 Å². The van der Waals surface area contributed by atoms with Gasteiger partial charge in [-0.2, -0.15) is 0 Å². The highest BCUT2D eigenvalue weighted by Gasteiger charge is 2.13. The minimum absolute atomic E-state index is 0.0517. The minimum Gasteiger partial charge on any atom is -0.381 e. The summed E-state index contributed by atoms with van der Waals surface area (Å²) in [5.41, 5.74) is 5.74. The number of carbonyl (C=O) groups excluding carboxylic acids is 1. The van der Waals surface area contributed by atoms with Gasteiger partial charge in [0.2, 0.25) is 5.91 Å². The van der Waals surface area contributed by atoms with E-state index >= 15 is 0 Å². The van der Waals surface area contributed by atoms with Gasteiger partial charge < -0.3 is 15.8 Å². The summed E-state index contributed by atoms with van der Waals surface area (Å²) in [5, 5.41) is 2.82. The maximum Gasteiger partial charge on any atom is 0.236 e. The molecule has 0 fully saturated rings. The van der Waals surface area contributed by atoms with E-state index in [2.05, 4.69) is 26.1 Å². The standard InChI is InChI=1S/C12H26N2O2/c1-4-7-16-8-5-6-14-12(15)11(13)9-10(2)3/h10-11H,4-9,13H2,1-3H3,(H,14,15)/t11-/m1/s1. The Kier molecular flexibility index (Phi) is 9.24. The van der Waals surface area contributed by atoms with Crippen LogP contribution in [0, 0.1) is 5.92 Å². The second-order valence-corrected chi connectivity index (χ2v) is 4.49. The lowest BCUT2D eigenvalue weighted by molar-refractivity contribution is -0.122. The molecule has 96 valence electrons. The van der Waals surface area contributed by atoms with Crippen molar-refractivity contribution in [1.82, 2.24) is 5.32 Å². The molecule has 16 heavy (non-hydrogen) atoms. The van der Waals surface area contributed by atoms with Crippen LogP contribution in [0.3, 0.4) is 0 Å². The number of amides is 1. The molecule has 0 saturated carbocycles. The van der Waals surface area contributed by atoms with Crippen molar-refractivity contribution < 1.29 is 9.53 Å². The molecule has 0 aromatic heterocycles. The quantitative estimate of drug-likeness (QED) is 0.587. The molecule has 1 amide bonds. The molecule has 0 aromatic carbocycles. The van der Waals surface area contributed by atoms with Gasteiger partial charge in [0.15, 0.2) is 0 Å². The molecular weight excluding hydrogens is 204 g/mol. The topological polar surface area (TPSA) is 64.3 Å². The lowest BCUT2D eigenvalue weighted by Crippen LogP contribution is -2.41. The summed E-state index contributed by atoms with van der Waals surface area (Å²) in [4.78, 5) is 11.5. The highest BCUT2D eigenvalue weighted by Crippen LogP contribution is 2.02. The van der Waals surface area contributed by atoms with Crippen molar-refractivity contribution in [2.24, 2.45) is 11.7 Å². The summed E-state index contributed by atoms with van der Waals surface area (Å²) >= 11 is 0. The van der Waals surface area contributed by atoms with Gasteiger partial charge in [-0.1, -0.05) is 20.8 Å².